The summed E-state index contributed by atoms with van der Waals surface area (Å²) >= 11 is 0. The van der Waals surface area contributed by atoms with Gasteiger partial charge in [-0.1, -0.05) is 58.3 Å². The lowest BCUT2D eigenvalue weighted by Gasteiger charge is -2.23. The molecular weight excluding hydrogens is 224 g/mol. The third kappa shape index (κ3) is 13.5. The van der Waals surface area contributed by atoms with Gasteiger partial charge in [-0.05, 0) is 6.42 Å². The molecule has 0 rings (SSSR count). The van der Waals surface area contributed by atoms with Gasteiger partial charge in [0.15, 0.2) is 0 Å². The van der Waals surface area contributed by atoms with Gasteiger partial charge in [0.2, 0.25) is 0 Å². The number of quaternary nitrogens is 1. The van der Waals surface area contributed by atoms with E-state index in [1.54, 1.807) is 0 Å². The van der Waals surface area contributed by atoms with E-state index in [2.05, 4.69) is 12.3 Å². The third-order valence-electron chi connectivity index (χ3n) is 2.97. The predicted octanol–water partition coefficient (Wildman–Crippen LogP) is 3.64. The van der Waals surface area contributed by atoms with Crippen molar-refractivity contribution in [1.82, 2.24) is 5.43 Å². The Morgan fingerprint density at radius 2 is 1.28 bits per heavy atom. The highest BCUT2D eigenvalue weighted by Crippen LogP contribution is 2.10. The molecule has 0 aromatic rings. The maximum atomic E-state index is 11.5. The molecule has 0 aliphatic carbocycles. The predicted molar refractivity (Wildman–Crippen MR) is 78.0 cm³/mol. The molecule has 0 heterocycles. The molecule has 0 saturated heterocycles. The second-order valence-electron chi connectivity index (χ2n) is 6.13. The normalized spacial score (nSPS) is 11.6. The molecule has 0 aliphatic rings. The van der Waals surface area contributed by atoms with Crippen LogP contribution in [0.25, 0.3) is 0 Å². The van der Waals surface area contributed by atoms with E-state index in [1.807, 2.05) is 21.1 Å². The Balaban J connectivity index is 3.23. The van der Waals surface area contributed by atoms with Crippen molar-refractivity contribution in [3.63, 3.8) is 0 Å². The van der Waals surface area contributed by atoms with Crippen LogP contribution in [0.5, 0.6) is 0 Å². The van der Waals surface area contributed by atoms with Gasteiger partial charge in [-0.3, -0.25) is 4.79 Å². The zero-order valence-electron chi connectivity index (χ0n) is 12.9. The molecule has 0 aliphatic heterocycles. The first-order chi connectivity index (χ1) is 8.45. The summed E-state index contributed by atoms with van der Waals surface area (Å²) in [6, 6.07) is 0. The van der Waals surface area contributed by atoms with Crippen molar-refractivity contribution in [2.75, 3.05) is 21.1 Å². The minimum atomic E-state index is 0.172. The molecule has 0 unspecified atom stereocenters. The quantitative estimate of drug-likeness (QED) is 0.342. The summed E-state index contributed by atoms with van der Waals surface area (Å²) in [6.45, 7) is 2.25. The van der Waals surface area contributed by atoms with Gasteiger partial charge in [-0.25, -0.2) is 10.0 Å². The second-order valence-corrected chi connectivity index (χ2v) is 6.13. The van der Waals surface area contributed by atoms with Gasteiger partial charge in [0.05, 0.1) is 21.1 Å². The molecule has 0 fully saturated rings. The maximum Gasteiger partial charge on any atom is 0.264 e. The van der Waals surface area contributed by atoms with E-state index < -0.39 is 0 Å². The van der Waals surface area contributed by atoms with Crippen molar-refractivity contribution in [1.29, 1.82) is 0 Å². The zero-order valence-corrected chi connectivity index (χ0v) is 12.9. The number of rotatable bonds is 11. The van der Waals surface area contributed by atoms with Crippen molar-refractivity contribution in [2.45, 2.75) is 71.1 Å². The van der Waals surface area contributed by atoms with Gasteiger partial charge < -0.3 is 0 Å². The number of nitrogens with zero attached hydrogens (tertiary/aromatic N) is 1. The van der Waals surface area contributed by atoms with E-state index in [0.29, 0.717) is 11.0 Å². The van der Waals surface area contributed by atoms with Gasteiger partial charge in [0.25, 0.3) is 5.91 Å². The van der Waals surface area contributed by atoms with Crippen LogP contribution in [-0.2, 0) is 4.79 Å². The average Bonchev–Trinajstić information content (AvgIpc) is 2.24. The molecule has 0 aromatic carbocycles. The van der Waals surface area contributed by atoms with Crippen LogP contribution in [0.2, 0.25) is 0 Å². The lowest BCUT2D eigenvalue weighted by molar-refractivity contribution is -0.906. The van der Waals surface area contributed by atoms with E-state index in [0.717, 1.165) is 6.42 Å². The highest BCUT2D eigenvalue weighted by atomic mass is 16.2. The Hall–Kier alpha value is -0.570. The van der Waals surface area contributed by atoms with Crippen molar-refractivity contribution in [3.8, 4) is 0 Å². The molecule has 1 N–H and O–H groups in total. The van der Waals surface area contributed by atoms with Gasteiger partial charge in [-0.15, -0.1) is 0 Å². The smallest absolute Gasteiger partial charge is 0.264 e. The average molecular weight is 257 g/mol. The first kappa shape index (κ1) is 17.4. The Morgan fingerprint density at radius 3 is 1.72 bits per heavy atom. The molecule has 0 saturated carbocycles. The van der Waals surface area contributed by atoms with Gasteiger partial charge in [-0.2, -0.15) is 0 Å². The number of nitrogens with one attached hydrogen (secondary N) is 1. The lowest BCUT2D eigenvalue weighted by Crippen LogP contribution is -2.51. The van der Waals surface area contributed by atoms with Crippen LogP contribution in [-0.4, -0.2) is 31.6 Å². The third-order valence-corrected chi connectivity index (χ3v) is 2.97. The van der Waals surface area contributed by atoms with Gasteiger partial charge >= 0.3 is 0 Å². The van der Waals surface area contributed by atoms with Crippen LogP contribution in [0.1, 0.15) is 71.1 Å². The highest BCUT2D eigenvalue weighted by molar-refractivity contribution is 5.74. The number of carbonyl (C=O) groups is 1. The Bertz CT molecular complexity index is 209. The minimum Gasteiger partial charge on any atom is -0.270 e. The summed E-state index contributed by atoms with van der Waals surface area (Å²) in [4.78, 5) is 11.5. The summed E-state index contributed by atoms with van der Waals surface area (Å²) < 4.78 is 0.510. The number of amides is 1. The number of hydrogen-bond acceptors (Lipinski definition) is 1. The number of unbranched alkanes of at least 4 members (excludes halogenated alkanes) is 8. The molecule has 18 heavy (non-hydrogen) atoms. The van der Waals surface area contributed by atoms with E-state index >= 15 is 0 Å². The van der Waals surface area contributed by atoms with Crippen LogP contribution < -0.4 is 5.43 Å². The molecule has 108 valence electrons. The van der Waals surface area contributed by atoms with Gasteiger partial charge in [0.1, 0.15) is 0 Å². The minimum absolute atomic E-state index is 0.172. The fraction of sp³-hybridized carbons (Fsp3) is 0.933. The zero-order chi connectivity index (χ0) is 13.9. The van der Waals surface area contributed by atoms with Crippen LogP contribution in [0, 0.1) is 0 Å². The van der Waals surface area contributed by atoms with Crippen LogP contribution in [0.15, 0.2) is 0 Å². The van der Waals surface area contributed by atoms with E-state index in [-0.39, 0.29) is 5.91 Å². The monoisotopic (exact) mass is 257 g/mol. The van der Waals surface area contributed by atoms with Crippen molar-refractivity contribution >= 4 is 5.91 Å². The van der Waals surface area contributed by atoms with Crippen LogP contribution >= 0.6 is 0 Å². The Morgan fingerprint density at radius 1 is 0.833 bits per heavy atom. The molecular formula is C15H33N2O+. The van der Waals surface area contributed by atoms with E-state index in [4.69, 9.17) is 0 Å². The number of carbonyl (C=O) groups excluding carboxylic acids is 1. The van der Waals surface area contributed by atoms with Crippen molar-refractivity contribution in [2.24, 2.45) is 0 Å². The van der Waals surface area contributed by atoms with E-state index in [1.165, 1.54) is 51.4 Å². The SMILES string of the molecule is CCCCCCCCCCCC(=O)N[N+](C)(C)C. The fourth-order valence-corrected chi connectivity index (χ4v) is 2.03. The van der Waals surface area contributed by atoms with Crippen molar-refractivity contribution in [3.05, 3.63) is 0 Å². The maximum absolute atomic E-state index is 11.5. The second kappa shape index (κ2) is 10.4. The Kier molecular flexibility index (Phi) is 10.0. The molecule has 3 nitrogen and oxygen atoms in total. The summed E-state index contributed by atoms with van der Waals surface area (Å²) in [7, 11) is 5.90. The highest BCUT2D eigenvalue weighted by Gasteiger charge is 2.11. The lowest BCUT2D eigenvalue weighted by atomic mass is 10.1. The van der Waals surface area contributed by atoms with Crippen LogP contribution in [0.3, 0.4) is 0 Å². The molecule has 3 heteroatoms. The first-order valence-electron chi connectivity index (χ1n) is 7.58. The molecule has 0 atom stereocenters. The molecule has 0 radical (unpaired) electrons. The van der Waals surface area contributed by atoms with E-state index in [9.17, 15) is 4.79 Å². The summed E-state index contributed by atoms with van der Waals surface area (Å²) in [6.07, 6.45) is 12.4. The molecule has 0 spiro atoms. The standard InChI is InChI=1S/C15H32N2O/c1-5-6-7-8-9-10-11-12-13-14-15(18)16-17(2,3)4/h5-14H2,1-4H3/p+1. The van der Waals surface area contributed by atoms with Crippen molar-refractivity contribution < 1.29 is 9.39 Å². The van der Waals surface area contributed by atoms with Gasteiger partial charge in [0, 0.05) is 6.42 Å². The number of hydrogen-bond donors (Lipinski definition) is 1. The molecule has 0 bridgehead atoms. The Labute approximate surface area is 113 Å². The fourth-order valence-electron chi connectivity index (χ4n) is 2.03. The largest absolute Gasteiger partial charge is 0.270 e. The summed E-state index contributed by atoms with van der Waals surface area (Å²) in [5.74, 6) is 0.172. The van der Waals surface area contributed by atoms with Crippen LogP contribution in [0.4, 0.5) is 0 Å². The topological polar surface area (TPSA) is 29.1 Å². The summed E-state index contributed by atoms with van der Waals surface area (Å²) in [5.41, 5.74) is 2.94. The molecule has 0 aromatic heterocycles. The molecule has 1 amide bonds. The summed E-state index contributed by atoms with van der Waals surface area (Å²) in [5, 5.41) is 0. The first-order valence-corrected chi connectivity index (χ1v) is 7.58.